The second-order valence-electron chi connectivity index (χ2n) is 7.88. The molecule has 0 aliphatic carbocycles. The van der Waals surface area contributed by atoms with Crippen molar-refractivity contribution in [2.45, 2.75) is 45.4 Å². The molecule has 144 valence electrons. The summed E-state index contributed by atoms with van der Waals surface area (Å²) in [5.41, 5.74) is 2.30. The molecule has 0 radical (unpaired) electrons. The molecule has 0 spiro atoms. The van der Waals surface area contributed by atoms with E-state index in [2.05, 4.69) is 61.5 Å². The van der Waals surface area contributed by atoms with E-state index in [0.29, 0.717) is 5.95 Å². The molecule has 1 aromatic carbocycles. The third-order valence-electron chi connectivity index (χ3n) is 5.75. The lowest BCUT2D eigenvalue weighted by Gasteiger charge is -2.32. The normalized spacial score (nSPS) is 19.0. The predicted octanol–water partition coefficient (Wildman–Crippen LogP) is 4.23. The summed E-state index contributed by atoms with van der Waals surface area (Å²) in [5.74, 6) is 2.34. The summed E-state index contributed by atoms with van der Waals surface area (Å²) in [5, 5.41) is 11.6. The van der Waals surface area contributed by atoms with Crippen LogP contribution in [0.1, 0.15) is 45.4 Å². The number of rotatable bonds is 4. The minimum atomic E-state index is 0.566. The Morgan fingerprint density at radius 1 is 0.889 bits per heavy atom. The Kier molecular flexibility index (Phi) is 5.70. The van der Waals surface area contributed by atoms with Gasteiger partial charge in [-0.25, -0.2) is 0 Å². The SMILES string of the molecule is CC1CCN(c2ccc(Nc3nncc(N4CCCCCC4)n3)cc2)CC1. The molecule has 6 nitrogen and oxygen atoms in total. The zero-order valence-corrected chi connectivity index (χ0v) is 16.3. The fraction of sp³-hybridized carbons (Fsp3) is 0.571. The van der Waals surface area contributed by atoms with E-state index in [-0.39, 0.29) is 0 Å². The highest BCUT2D eigenvalue weighted by atomic mass is 15.3. The van der Waals surface area contributed by atoms with Crippen molar-refractivity contribution in [3.8, 4) is 0 Å². The van der Waals surface area contributed by atoms with Crippen LogP contribution < -0.4 is 15.1 Å². The summed E-state index contributed by atoms with van der Waals surface area (Å²) in [6, 6.07) is 8.58. The average Bonchev–Trinajstić information content (AvgIpc) is 2.99. The monoisotopic (exact) mass is 366 g/mol. The minimum Gasteiger partial charge on any atom is -0.372 e. The van der Waals surface area contributed by atoms with E-state index in [1.165, 1.54) is 44.2 Å². The van der Waals surface area contributed by atoms with Crippen LogP contribution in [0.25, 0.3) is 0 Å². The molecule has 2 saturated heterocycles. The Bertz CT molecular complexity index is 716. The van der Waals surface area contributed by atoms with Crippen LogP contribution in [0.4, 0.5) is 23.1 Å². The number of hydrogen-bond donors (Lipinski definition) is 1. The first-order chi connectivity index (χ1) is 13.3. The maximum atomic E-state index is 4.68. The molecule has 2 aromatic rings. The van der Waals surface area contributed by atoms with Crippen LogP contribution in [0.2, 0.25) is 0 Å². The number of piperidine rings is 1. The van der Waals surface area contributed by atoms with E-state index in [1.807, 2.05) is 0 Å². The van der Waals surface area contributed by atoms with E-state index < -0.39 is 0 Å². The lowest BCUT2D eigenvalue weighted by atomic mass is 9.99. The Morgan fingerprint density at radius 3 is 2.30 bits per heavy atom. The second kappa shape index (κ2) is 8.55. The van der Waals surface area contributed by atoms with Crippen molar-refractivity contribution in [3.63, 3.8) is 0 Å². The topological polar surface area (TPSA) is 57.2 Å². The number of hydrogen-bond acceptors (Lipinski definition) is 6. The molecular weight excluding hydrogens is 336 g/mol. The fourth-order valence-electron chi connectivity index (χ4n) is 3.95. The molecule has 27 heavy (non-hydrogen) atoms. The first-order valence-electron chi connectivity index (χ1n) is 10.3. The maximum absolute atomic E-state index is 4.68. The van der Waals surface area contributed by atoms with Crippen LogP contribution in [0.5, 0.6) is 0 Å². The third-order valence-corrected chi connectivity index (χ3v) is 5.75. The van der Waals surface area contributed by atoms with Gasteiger partial charge in [0.2, 0.25) is 5.95 Å². The first-order valence-corrected chi connectivity index (χ1v) is 10.3. The summed E-state index contributed by atoms with van der Waals surface area (Å²) < 4.78 is 0. The van der Waals surface area contributed by atoms with E-state index in [1.54, 1.807) is 6.20 Å². The van der Waals surface area contributed by atoms with Gasteiger partial charge in [0.05, 0.1) is 6.20 Å². The fourth-order valence-corrected chi connectivity index (χ4v) is 3.95. The molecule has 6 heteroatoms. The number of anilines is 4. The van der Waals surface area contributed by atoms with Crippen molar-refractivity contribution < 1.29 is 0 Å². The molecule has 2 aliphatic rings. The van der Waals surface area contributed by atoms with Crippen LogP contribution in [0.15, 0.2) is 30.5 Å². The summed E-state index contributed by atoms with van der Waals surface area (Å²) in [7, 11) is 0. The summed E-state index contributed by atoms with van der Waals surface area (Å²) in [6.45, 7) is 6.76. The highest BCUT2D eigenvalue weighted by Gasteiger charge is 2.16. The Morgan fingerprint density at radius 2 is 1.59 bits per heavy atom. The van der Waals surface area contributed by atoms with Gasteiger partial charge in [-0.05, 0) is 55.9 Å². The zero-order valence-electron chi connectivity index (χ0n) is 16.3. The van der Waals surface area contributed by atoms with Crippen molar-refractivity contribution in [2.24, 2.45) is 5.92 Å². The van der Waals surface area contributed by atoms with Gasteiger partial charge in [0.15, 0.2) is 5.82 Å². The molecule has 3 heterocycles. The smallest absolute Gasteiger partial charge is 0.249 e. The second-order valence-corrected chi connectivity index (χ2v) is 7.88. The van der Waals surface area contributed by atoms with Crippen LogP contribution in [-0.2, 0) is 0 Å². The molecule has 2 fully saturated rings. The zero-order chi connectivity index (χ0) is 18.5. The Hall–Kier alpha value is -2.37. The highest BCUT2D eigenvalue weighted by Crippen LogP contribution is 2.25. The van der Waals surface area contributed by atoms with Crippen molar-refractivity contribution >= 4 is 23.1 Å². The maximum Gasteiger partial charge on any atom is 0.249 e. The van der Waals surface area contributed by atoms with Crippen molar-refractivity contribution in [3.05, 3.63) is 30.5 Å². The average molecular weight is 367 g/mol. The number of nitrogens with one attached hydrogen (secondary N) is 1. The molecular formula is C21H30N6. The van der Waals surface area contributed by atoms with E-state index in [4.69, 9.17) is 0 Å². The van der Waals surface area contributed by atoms with Crippen molar-refractivity contribution in [2.75, 3.05) is 41.3 Å². The lowest BCUT2D eigenvalue weighted by Crippen LogP contribution is -2.32. The molecule has 0 unspecified atom stereocenters. The predicted molar refractivity (Wildman–Crippen MR) is 111 cm³/mol. The van der Waals surface area contributed by atoms with Gasteiger partial charge in [-0.2, -0.15) is 10.1 Å². The molecule has 0 bridgehead atoms. The quantitative estimate of drug-likeness (QED) is 0.874. The van der Waals surface area contributed by atoms with Gasteiger partial charge in [-0.3, -0.25) is 0 Å². The summed E-state index contributed by atoms with van der Waals surface area (Å²) in [6.07, 6.45) is 9.40. The molecule has 4 rings (SSSR count). The van der Waals surface area contributed by atoms with Gasteiger partial charge in [0, 0.05) is 37.6 Å². The lowest BCUT2D eigenvalue weighted by molar-refractivity contribution is 0.438. The number of aromatic nitrogens is 3. The molecule has 1 aromatic heterocycles. The molecule has 0 atom stereocenters. The minimum absolute atomic E-state index is 0.566. The third kappa shape index (κ3) is 4.67. The van der Waals surface area contributed by atoms with Crippen LogP contribution >= 0.6 is 0 Å². The summed E-state index contributed by atoms with van der Waals surface area (Å²) >= 11 is 0. The molecule has 2 aliphatic heterocycles. The molecule has 0 saturated carbocycles. The van der Waals surface area contributed by atoms with E-state index in [9.17, 15) is 0 Å². The van der Waals surface area contributed by atoms with Gasteiger partial charge in [-0.1, -0.05) is 19.8 Å². The van der Waals surface area contributed by atoms with Gasteiger partial charge in [-0.15, -0.1) is 5.10 Å². The number of nitrogens with zero attached hydrogens (tertiary/aromatic N) is 5. The van der Waals surface area contributed by atoms with Gasteiger partial charge < -0.3 is 15.1 Å². The molecule has 0 amide bonds. The largest absolute Gasteiger partial charge is 0.372 e. The molecule has 1 N–H and O–H groups in total. The van der Waals surface area contributed by atoms with E-state index >= 15 is 0 Å². The first kappa shape index (κ1) is 18.0. The number of benzene rings is 1. The summed E-state index contributed by atoms with van der Waals surface area (Å²) in [4.78, 5) is 9.49. The van der Waals surface area contributed by atoms with Gasteiger partial charge in [0.1, 0.15) is 0 Å². The van der Waals surface area contributed by atoms with Crippen molar-refractivity contribution in [1.82, 2.24) is 15.2 Å². The van der Waals surface area contributed by atoms with Crippen molar-refractivity contribution in [1.29, 1.82) is 0 Å². The van der Waals surface area contributed by atoms with E-state index in [0.717, 1.165) is 43.6 Å². The standard InChI is InChI=1S/C21H30N6/c1-17-10-14-26(15-11-17)19-8-6-18(7-9-19)23-21-24-20(16-22-25-21)27-12-4-2-3-5-13-27/h6-9,16-17H,2-5,10-15H2,1H3,(H,23,24,25). The Labute approximate surface area is 162 Å². The van der Waals surface area contributed by atoms with Gasteiger partial charge >= 0.3 is 0 Å². The highest BCUT2D eigenvalue weighted by molar-refractivity contribution is 5.60. The van der Waals surface area contributed by atoms with Crippen LogP contribution in [0.3, 0.4) is 0 Å². The van der Waals surface area contributed by atoms with Crippen LogP contribution in [-0.4, -0.2) is 41.4 Å². The Balaban J connectivity index is 1.41. The van der Waals surface area contributed by atoms with Crippen LogP contribution in [0, 0.1) is 5.92 Å². The van der Waals surface area contributed by atoms with Gasteiger partial charge in [0.25, 0.3) is 0 Å².